The minimum atomic E-state index is -0.318. The number of piperazine rings is 1. The first-order chi connectivity index (χ1) is 14.0. The van der Waals surface area contributed by atoms with Crippen molar-refractivity contribution in [3.63, 3.8) is 0 Å². The summed E-state index contributed by atoms with van der Waals surface area (Å²) in [6.07, 6.45) is 0.550. The van der Waals surface area contributed by atoms with Gasteiger partial charge in [0.2, 0.25) is 5.91 Å². The summed E-state index contributed by atoms with van der Waals surface area (Å²) in [4.78, 5) is 28.2. The van der Waals surface area contributed by atoms with E-state index in [1.54, 1.807) is 24.3 Å². The van der Waals surface area contributed by atoms with Crippen molar-refractivity contribution in [1.29, 1.82) is 0 Å². The second kappa shape index (κ2) is 9.71. The highest BCUT2D eigenvalue weighted by Gasteiger charge is 2.20. The molecule has 3 rings (SSSR count). The molecule has 6 nitrogen and oxygen atoms in total. The number of carbonyl (C=O) groups is 2. The van der Waals surface area contributed by atoms with Crippen molar-refractivity contribution < 1.29 is 9.59 Å². The van der Waals surface area contributed by atoms with Gasteiger partial charge in [0, 0.05) is 54.6 Å². The first-order valence-electron chi connectivity index (χ1n) is 9.47. The number of nitrogens with zero attached hydrogens (tertiary/aromatic N) is 2. The fourth-order valence-electron chi connectivity index (χ4n) is 3.16. The van der Waals surface area contributed by atoms with E-state index in [0.29, 0.717) is 17.0 Å². The molecule has 152 valence electrons. The standard InChI is InChI=1S/C21H23ClN4O2S/c1-2-19(27)26-12-10-25(11-13-26)18-8-6-17(7-9-18)23-21(29)24-20(28)15-4-3-5-16(22)14-15/h3-9,14H,2,10-13H2,1H3,(H2,23,24,28,29). The summed E-state index contributed by atoms with van der Waals surface area (Å²) in [5.74, 6) is -0.112. The van der Waals surface area contributed by atoms with Gasteiger partial charge in [-0.3, -0.25) is 14.9 Å². The van der Waals surface area contributed by atoms with Crippen LogP contribution in [0.1, 0.15) is 23.7 Å². The van der Waals surface area contributed by atoms with Gasteiger partial charge in [0.15, 0.2) is 5.11 Å². The third-order valence-electron chi connectivity index (χ3n) is 4.74. The van der Waals surface area contributed by atoms with E-state index >= 15 is 0 Å². The molecule has 2 aromatic rings. The van der Waals surface area contributed by atoms with Crippen LogP contribution in [0.2, 0.25) is 5.02 Å². The lowest BCUT2D eigenvalue weighted by Crippen LogP contribution is -2.48. The number of halogens is 1. The van der Waals surface area contributed by atoms with E-state index in [0.717, 1.165) is 37.6 Å². The topological polar surface area (TPSA) is 64.7 Å². The maximum Gasteiger partial charge on any atom is 0.257 e. The molecular formula is C21H23ClN4O2S. The van der Waals surface area contributed by atoms with E-state index in [1.807, 2.05) is 36.1 Å². The number of benzene rings is 2. The van der Waals surface area contributed by atoms with Gasteiger partial charge in [-0.2, -0.15) is 0 Å². The summed E-state index contributed by atoms with van der Waals surface area (Å²) in [6, 6.07) is 14.5. The largest absolute Gasteiger partial charge is 0.368 e. The number of amides is 2. The third-order valence-corrected chi connectivity index (χ3v) is 5.18. The number of thiocarbonyl (C=S) groups is 1. The van der Waals surface area contributed by atoms with Crippen molar-refractivity contribution in [3.8, 4) is 0 Å². The Morgan fingerprint density at radius 2 is 1.76 bits per heavy atom. The molecule has 0 spiro atoms. The monoisotopic (exact) mass is 430 g/mol. The van der Waals surface area contributed by atoms with Gasteiger partial charge < -0.3 is 15.1 Å². The van der Waals surface area contributed by atoms with Crippen molar-refractivity contribution in [2.45, 2.75) is 13.3 Å². The van der Waals surface area contributed by atoms with Gasteiger partial charge >= 0.3 is 0 Å². The molecule has 1 aliphatic heterocycles. The van der Waals surface area contributed by atoms with Gasteiger partial charge in [-0.15, -0.1) is 0 Å². The van der Waals surface area contributed by atoms with Crippen molar-refractivity contribution in [2.75, 3.05) is 36.4 Å². The molecule has 2 amide bonds. The summed E-state index contributed by atoms with van der Waals surface area (Å²) >= 11 is 11.1. The highest BCUT2D eigenvalue weighted by molar-refractivity contribution is 7.80. The van der Waals surface area contributed by atoms with Crippen LogP contribution in [-0.2, 0) is 4.79 Å². The minimum absolute atomic E-state index is 0.206. The third kappa shape index (κ3) is 5.68. The van der Waals surface area contributed by atoms with E-state index in [1.165, 1.54) is 0 Å². The molecule has 0 saturated carbocycles. The predicted octanol–water partition coefficient (Wildman–Crippen LogP) is 3.53. The number of nitrogens with one attached hydrogen (secondary N) is 2. The quantitative estimate of drug-likeness (QED) is 0.726. The zero-order chi connectivity index (χ0) is 20.8. The average molecular weight is 431 g/mol. The molecule has 2 aromatic carbocycles. The first-order valence-corrected chi connectivity index (χ1v) is 10.3. The van der Waals surface area contributed by atoms with E-state index in [4.69, 9.17) is 23.8 Å². The molecule has 8 heteroatoms. The van der Waals surface area contributed by atoms with Crippen LogP contribution in [0, 0.1) is 0 Å². The lowest BCUT2D eigenvalue weighted by Gasteiger charge is -2.36. The van der Waals surface area contributed by atoms with Crippen molar-refractivity contribution >= 4 is 52.1 Å². The van der Waals surface area contributed by atoms with Crippen LogP contribution in [0.4, 0.5) is 11.4 Å². The molecular weight excluding hydrogens is 408 g/mol. The summed E-state index contributed by atoms with van der Waals surface area (Å²) < 4.78 is 0. The van der Waals surface area contributed by atoms with Crippen molar-refractivity contribution in [2.24, 2.45) is 0 Å². The van der Waals surface area contributed by atoms with E-state index in [9.17, 15) is 9.59 Å². The van der Waals surface area contributed by atoms with Gasteiger partial charge in [-0.05, 0) is 54.7 Å². The Bertz CT molecular complexity index is 896. The predicted molar refractivity (Wildman–Crippen MR) is 121 cm³/mol. The smallest absolute Gasteiger partial charge is 0.257 e. The molecule has 2 N–H and O–H groups in total. The van der Waals surface area contributed by atoms with Crippen LogP contribution in [0.15, 0.2) is 48.5 Å². The van der Waals surface area contributed by atoms with E-state index < -0.39 is 0 Å². The number of carbonyl (C=O) groups excluding carboxylic acids is 2. The van der Waals surface area contributed by atoms with Crippen LogP contribution >= 0.6 is 23.8 Å². The summed E-state index contributed by atoms with van der Waals surface area (Å²) in [5.41, 5.74) is 2.32. The summed E-state index contributed by atoms with van der Waals surface area (Å²) in [5, 5.41) is 6.37. The van der Waals surface area contributed by atoms with Crippen LogP contribution in [-0.4, -0.2) is 48.0 Å². The fourth-order valence-corrected chi connectivity index (χ4v) is 3.56. The maximum absolute atomic E-state index is 12.2. The molecule has 0 bridgehead atoms. The average Bonchev–Trinajstić information content (AvgIpc) is 2.73. The molecule has 0 aliphatic carbocycles. The molecule has 0 aromatic heterocycles. The van der Waals surface area contributed by atoms with E-state index in [2.05, 4.69) is 15.5 Å². The molecule has 1 saturated heterocycles. The van der Waals surface area contributed by atoms with Gasteiger partial charge in [0.05, 0.1) is 0 Å². The van der Waals surface area contributed by atoms with Crippen molar-refractivity contribution in [3.05, 3.63) is 59.1 Å². The van der Waals surface area contributed by atoms with Gasteiger partial charge in [0.1, 0.15) is 0 Å². The Morgan fingerprint density at radius 3 is 2.38 bits per heavy atom. The highest BCUT2D eigenvalue weighted by atomic mass is 35.5. The molecule has 1 aliphatic rings. The number of hydrogen-bond acceptors (Lipinski definition) is 4. The molecule has 1 heterocycles. The Balaban J connectivity index is 1.52. The van der Waals surface area contributed by atoms with Crippen LogP contribution in [0.25, 0.3) is 0 Å². The molecule has 1 fully saturated rings. The Morgan fingerprint density at radius 1 is 1.07 bits per heavy atom. The maximum atomic E-state index is 12.2. The van der Waals surface area contributed by atoms with E-state index in [-0.39, 0.29) is 16.9 Å². The highest BCUT2D eigenvalue weighted by Crippen LogP contribution is 2.20. The molecule has 0 radical (unpaired) electrons. The Kier molecular flexibility index (Phi) is 7.06. The van der Waals surface area contributed by atoms with Gasteiger partial charge in [-0.1, -0.05) is 24.6 Å². The molecule has 29 heavy (non-hydrogen) atoms. The Labute approximate surface area is 180 Å². The molecule has 0 atom stereocenters. The first kappa shape index (κ1) is 21.1. The number of rotatable bonds is 4. The Hall–Kier alpha value is -2.64. The zero-order valence-electron chi connectivity index (χ0n) is 16.2. The van der Waals surface area contributed by atoms with Crippen LogP contribution in [0.3, 0.4) is 0 Å². The minimum Gasteiger partial charge on any atom is -0.368 e. The SMILES string of the molecule is CCC(=O)N1CCN(c2ccc(NC(=S)NC(=O)c3cccc(Cl)c3)cc2)CC1. The lowest BCUT2D eigenvalue weighted by atomic mass is 10.2. The van der Waals surface area contributed by atoms with Gasteiger partial charge in [-0.25, -0.2) is 0 Å². The van der Waals surface area contributed by atoms with Crippen LogP contribution in [0.5, 0.6) is 0 Å². The number of hydrogen-bond donors (Lipinski definition) is 2. The lowest BCUT2D eigenvalue weighted by molar-refractivity contribution is -0.131. The summed E-state index contributed by atoms with van der Waals surface area (Å²) in [6.45, 7) is 5.00. The number of anilines is 2. The zero-order valence-corrected chi connectivity index (χ0v) is 17.7. The van der Waals surface area contributed by atoms with Crippen LogP contribution < -0.4 is 15.5 Å². The molecule has 0 unspecified atom stereocenters. The fraction of sp³-hybridized carbons (Fsp3) is 0.286. The second-order valence-corrected chi connectivity index (χ2v) is 7.53. The van der Waals surface area contributed by atoms with Gasteiger partial charge in [0.25, 0.3) is 5.91 Å². The second-order valence-electron chi connectivity index (χ2n) is 6.69. The summed E-state index contributed by atoms with van der Waals surface area (Å²) in [7, 11) is 0. The normalized spacial score (nSPS) is 13.7. The van der Waals surface area contributed by atoms with Crippen molar-refractivity contribution in [1.82, 2.24) is 10.2 Å².